The third-order valence-corrected chi connectivity index (χ3v) is 4.89. The molecule has 1 fully saturated rings. The summed E-state index contributed by atoms with van der Waals surface area (Å²) >= 11 is 0. The smallest absolute Gasteiger partial charge is 0.0594 e. The van der Waals surface area contributed by atoms with E-state index in [2.05, 4.69) is 61.2 Å². The van der Waals surface area contributed by atoms with Crippen LogP contribution in [0.1, 0.15) is 31.7 Å². The molecule has 0 amide bonds. The quantitative estimate of drug-likeness (QED) is 0.816. The summed E-state index contributed by atoms with van der Waals surface area (Å²) in [6.45, 7) is 9.83. The van der Waals surface area contributed by atoms with Crippen molar-refractivity contribution in [2.45, 2.75) is 26.2 Å². The molecule has 118 valence electrons. The molecule has 1 unspecified atom stereocenters. The summed E-state index contributed by atoms with van der Waals surface area (Å²) in [4.78, 5) is 2.55. The van der Waals surface area contributed by atoms with Crippen LogP contribution in [0, 0.1) is 5.92 Å². The topological polar surface area (TPSA) is 12.5 Å². The van der Waals surface area contributed by atoms with E-state index in [1.54, 1.807) is 0 Å². The Labute approximate surface area is 134 Å². The lowest BCUT2D eigenvalue weighted by Crippen LogP contribution is -2.37. The molecule has 1 atom stereocenters. The molecule has 0 aliphatic carbocycles. The van der Waals surface area contributed by atoms with E-state index in [1.165, 1.54) is 29.3 Å². The van der Waals surface area contributed by atoms with E-state index in [0.717, 1.165) is 26.3 Å². The number of hydrogen-bond donors (Lipinski definition) is 0. The first-order chi connectivity index (χ1) is 10.8. The number of fused-ring (bicyclic) bond motifs is 1. The van der Waals surface area contributed by atoms with E-state index in [1.807, 2.05) is 0 Å². The molecule has 3 rings (SSSR count). The second-order valence-electron chi connectivity index (χ2n) is 6.66. The van der Waals surface area contributed by atoms with Gasteiger partial charge in [0.25, 0.3) is 0 Å². The molecule has 0 radical (unpaired) electrons. The van der Waals surface area contributed by atoms with Gasteiger partial charge in [0.1, 0.15) is 0 Å². The minimum absolute atomic E-state index is 0.619. The summed E-state index contributed by atoms with van der Waals surface area (Å²) in [5.74, 6) is 1.28. The Morgan fingerprint density at radius 2 is 1.73 bits per heavy atom. The summed E-state index contributed by atoms with van der Waals surface area (Å²) in [6.07, 6.45) is 1.23. The average molecular weight is 297 g/mol. The largest absolute Gasteiger partial charge is 0.379 e. The predicted molar refractivity (Wildman–Crippen MR) is 93.4 cm³/mol. The standard InChI is InChI=1S/C20H27NO/c1-16(2)18(10-11-21-12-14-22-15-13-21)20-9-5-7-17-6-3-4-8-19(17)20/h3-9,16,18H,10-15H2,1-2H3. The fourth-order valence-corrected chi connectivity index (χ4v) is 3.57. The summed E-state index contributed by atoms with van der Waals surface area (Å²) in [7, 11) is 0. The number of ether oxygens (including phenoxy) is 1. The molecule has 22 heavy (non-hydrogen) atoms. The predicted octanol–water partition coefficient (Wildman–Crippen LogP) is 4.30. The van der Waals surface area contributed by atoms with Crippen molar-refractivity contribution in [1.82, 2.24) is 4.90 Å². The van der Waals surface area contributed by atoms with Gasteiger partial charge in [0.2, 0.25) is 0 Å². The highest BCUT2D eigenvalue weighted by molar-refractivity contribution is 5.86. The van der Waals surface area contributed by atoms with Crippen LogP contribution < -0.4 is 0 Å². The van der Waals surface area contributed by atoms with Crippen molar-refractivity contribution in [2.75, 3.05) is 32.8 Å². The highest BCUT2D eigenvalue weighted by Crippen LogP contribution is 2.33. The molecule has 1 heterocycles. The highest BCUT2D eigenvalue weighted by Gasteiger charge is 2.20. The van der Waals surface area contributed by atoms with Gasteiger partial charge in [-0.1, -0.05) is 56.3 Å². The van der Waals surface area contributed by atoms with Crippen molar-refractivity contribution in [3.05, 3.63) is 48.0 Å². The van der Waals surface area contributed by atoms with E-state index < -0.39 is 0 Å². The van der Waals surface area contributed by atoms with Gasteiger partial charge in [0, 0.05) is 13.1 Å². The molecule has 1 aliphatic heterocycles. The molecule has 0 N–H and O–H groups in total. The van der Waals surface area contributed by atoms with Crippen LogP contribution >= 0.6 is 0 Å². The van der Waals surface area contributed by atoms with E-state index in [4.69, 9.17) is 4.74 Å². The van der Waals surface area contributed by atoms with Gasteiger partial charge in [-0.05, 0) is 41.1 Å². The molecule has 0 bridgehead atoms. The SMILES string of the molecule is CC(C)C(CCN1CCOCC1)c1cccc2ccccc12. The Morgan fingerprint density at radius 3 is 2.50 bits per heavy atom. The van der Waals surface area contributed by atoms with Gasteiger partial charge < -0.3 is 4.74 Å². The number of benzene rings is 2. The van der Waals surface area contributed by atoms with E-state index >= 15 is 0 Å². The minimum Gasteiger partial charge on any atom is -0.379 e. The second kappa shape index (κ2) is 7.26. The zero-order chi connectivity index (χ0) is 15.4. The number of morpholine rings is 1. The minimum atomic E-state index is 0.619. The lowest BCUT2D eigenvalue weighted by atomic mass is 9.83. The van der Waals surface area contributed by atoms with Gasteiger partial charge in [-0.25, -0.2) is 0 Å². The number of rotatable bonds is 5. The summed E-state index contributed by atoms with van der Waals surface area (Å²) in [5.41, 5.74) is 1.52. The third kappa shape index (κ3) is 3.50. The van der Waals surface area contributed by atoms with Crippen LogP contribution in [0.2, 0.25) is 0 Å². The van der Waals surface area contributed by atoms with E-state index in [9.17, 15) is 0 Å². The van der Waals surface area contributed by atoms with Gasteiger partial charge in [-0.2, -0.15) is 0 Å². The van der Waals surface area contributed by atoms with Gasteiger partial charge >= 0.3 is 0 Å². The molecule has 1 aliphatic rings. The zero-order valence-corrected chi connectivity index (χ0v) is 13.8. The monoisotopic (exact) mass is 297 g/mol. The fourth-order valence-electron chi connectivity index (χ4n) is 3.57. The van der Waals surface area contributed by atoms with Crippen molar-refractivity contribution in [2.24, 2.45) is 5.92 Å². The maximum absolute atomic E-state index is 5.45. The van der Waals surface area contributed by atoms with Crippen molar-refractivity contribution >= 4 is 10.8 Å². The van der Waals surface area contributed by atoms with E-state index in [0.29, 0.717) is 11.8 Å². The molecular formula is C20H27NO. The molecular weight excluding hydrogens is 270 g/mol. The van der Waals surface area contributed by atoms with Crippen LogP contribution in [0.15, 0.2) is 42.5 Å². The third-order valence-electron chi connectivity index (χ3n) is 4.89. The summed E-state index contributed by atoms with van der Waals surface area (Å²) in [5, 5.41) is 2.78. The first kappa shape index (κ1) is 15.5. The summed E-state index contributed by atoms with van der Waals surface area (Å²) < 4.78 is 5.45. The van der Waals surface area contributed by atoms with Crippen molar-refractivity contribution in [1.29, 1.82) is 0 Å². The maximum atomic E-state index is 5.45. The van der Waals surface area contributed by atoms with E-state index in [-0.39, 0.29) is 0 Å². The van der Waals surface area contributed by atoms with Crippen molar-refractivity contribution < 1.29 is 4.74 Å². The maximum Gasteiger partial charge on any atom is 0.0594 e. The van der Waals surface area contributed by atoms with Crippen molar-refractivity contribution in [3.8, 4) is 0 Å². The van der Waals surface area contributed by atoms with Gasteiger partial charge in [-0.3, -0.25) is 4.90 Å². The highest BCUT2D eigenvalue weighted by atomic mass is 16.5. The molecule has 0 saturated carbocycles. The van der Waals surface area contributed by atoms with Crippen LogP contribution in [0.5, 0.6) is 0 Å². The lowest BCUT2D eigenvalue weighted by Gasteiger charge is -2.30. The van der Waals surface area contributed by atoms with Gasteiger partial charge in [-0.15, -0.1) is 0 Å². The fraction of sp³-hybridized carbons (Fsp3) is 0.500. The lowest BCUT2D eigenvalue weighted by molar-refractivity contribution is 0.0360. The van der Waals surface area contributed by atoms with Crippen LogP contribution in [0.25, 0.3) is 10.8 Å². The van der Waals surface area contributed by atoms with Crippen LogP contribution in [0.4, 0.5) is 0 Å². The Hall–Kier alpha value is -1.38. The Kier molecular flexibility index (Phi) is 5.12. The number of nitrogens with zero attached hydrogens (tertiary/aromatic N) is 1. The van der Waals surface area contributed by atoms with Gasteiger partial charge in [0.15, 0.2) is 0 Å². The number of hydrogen-bond acceptors (Lipinski definition) is 2. The van der Waals surface area contributed by atoms with Crippen LogP contribution in [-0.4, -0.2) is 37.7 Å². The Morgan fingerprint density at radius 1 is 1.00 bits per heavy atom. The first-order valence-corrected chi connectivity index (χ1v) is 8.53. The molecule has 1 saturated heterocycles. The zero-order valence-electron chi connectivity index (χ0n) is 13.8. The second-order valence-corrected chi connectivity index (χ2v) is 6.66. The molecule has 0 spiro atoms. The van der Waals surface area contributed by atoms with Crippen LogP contribution in [-0.2, 0) is 4.74 Å². The Balaban J connectivity index is 1.80. The Bertz CT molecular complexity index is 596. The molecule has 2 heteroatoms. The normalized spacial score (nSPS) is 18.0. The molecule has 2 aromatic rings. The first-order valence-electron chi connectivity index (χ1n) is 8.53. The molecule has 2 nitrogen and oxygen atoms in total. The van der Waals surface area contributed by atoms with Gasteiger partial charge in [0.05, 0.1) is 13.2 Å². The average Bonchev–Trinajstić information content (AvgIpc) is 2.56. The van der Waals surface area contributed by atoms with Crippen LogP contribution in [0.3, 0.4) is 0 Å². The molecule has 2 aromatic carbocycles. The van der Waals surface area contributed by atoms with Crippen molar-refractivity contribution in [3.63, 3.8) is 0 Å². The summed E-state index contributed by atoms with van der Waals surface area (Å²) in [6, 6.07) is 15.5. The molecule has 0 aromatic heterocycles.